The van der Waals surface area contributed by atoms with Crippen LogP contribution in [0.2, 0.25) is 0 Å². The van der Waals surface area contributed by atoms with Crippen LogP contribution >= 0.6 is 0 Å². The van der Waals surface area contributed by atoms with E-state index in [4.69, 9.17) is 9.47 Å². The first-order valence-corrected chi connectivity index (χ1v) is 7.93. The van der Waals surface area contributed by atoms with Crippen molar-refractivity contribution in [2.75, 3.05) is 25.2 Å². The van der Waals surface area contributed by atoms with Crippen LogP contribution in [0.25, 0.3) is 0 Å². The highest BCUT2D eigenvalue weighted by atomic mass is 16.5. The smallest absolute Gasteiger partial charge is 0.264 e. The number of benzene rings is 2. The topological polar surface area (TPSA) is 38.8 Å². The molecule has 0 atom stereocenters. The Kier molecular flexibility index (Phi) is 4.81. The highest BCUT2D eigenvalue weighted by Crippen LogP contribution is 2.28. The predicted molar refractivity (Wildman–Crippen MR) is 90.2 cm³/mol. The van der Waals surface area contributed by atoms with Gasteiger partial charge in [-0.3, -0.25) is 4.79 Å². The summed E-state index contributed by atoms with van der Waals surface area (Å²) in [5, 5.41) is 0. The second-order valence-corrected chi connectivity index (χ2v) is 5.57. The minimum Gasteiger partial charge on any atom is -0.493 e. The van der Waals surface area contributed by atoms with E-state index in [2.05, 4.69) is 6.07 Å². The summed E-state index contributed by atoms with van der Waals surface area (Å²) in [5.74, 6) is 1.20. The molecule has 1 amide bonds. The molecule has 0 N–H and O–H groups in total. The first-order chi connectivity index (χ1) is 11.3. The summed E-state index contributed by atoms with van der Waals surface area (Å²) in [7, 11) is 1.59. The molecule has 3 rings (SSSR count). The van der Waals surface area contributed by atoms with Gasteiger partial charge in [0.25, 0.3) is 5.91 Å². The van der Waals surface area contributed by atoms with E-state index in [0.29, 0.717) is 11.5 Å². The quantitative estimate of drug-likeness (QED) is 0.868. The molecular formula is C19H21NO3. The fraction of sp³-hybridized carbons (Fsp3) is 0.316. The number of methoxy groups -OCH3 is 1. The molecule has 0 aliphatic carbocycles. The van der Waals surface area contributed by atoms with E-state index in [1.54, 1.807) is 7.11 Å². The molecule has 0 radical (unpaired) electrons. The number of ether oxygens (including phenoxy) is 2. The highest BCUT2D eigenvalue weighted by Gasteiger charge is 2.21. The molecule has 0 fully saturated rings. The first kappa shape index (κ1) is 15.4. The van der Waals surface area contributed by atoms with Crippen molar-refractivity contribution < 1.29 is 14.3 Å². The van der Waals surface area contributed by atoms with Gasteiger partial charge in [0.1, 0.15) is 0 Å². The van der Waals surface area contributed by atoms with E-state index in [1.165, 1.54) is 5.56 Å². The number of amides is 1. The number of fused-ring (bicyclic) bond motifs is 1. The third-order valence-corrected chi connectivity index (χ3v) is 4.08. The largest absolute Gasteiger partial charge is 0.493 e. The molecule has 1 aliphatic heterocycles. The van der Waals surface area contributed by atoms with E-state index in [0.717, 1.165) is 31.5 Å². The van der Waals surface area contributed by atoms with Crippen LogP contribution in [0.5, 0.6) is 11.5 Å². The Hall–Kier alpha value is -2.49. The number of aryl methyl sites for hydroxylation is 1. The number of hydrogen-bond donors (Lipinski definition) is 0. The van der Waals surface area contributed by atoms with E-state index < -0.39 is 0 Å². The van der Waals surface area contributed by atoms with Gasteiger partial charge in [-0.2, -0.15) is 0 Å². The summed E-state index contributed by atoms with van der Waals surface area (Å²) in [5.41, 5.74) is 2.24. The second kappa shape index (κ2) is 7.18. The van der Waals surface area contributed by atoms with Crippen LogP contribution in [-0.4, -0.2) is 26.2 Å². The maximum atomic E-state index is 12.6. The molecule has 2 aromatic carbocycles. The number of carbonyl (C=O) groups excluding carboxylic acids is 1. The van der Waals surface area contributed by atoms with E-state index >= 15 is 0 Å². The van der Waals surface area contributed by atoms with Crippen LogP contribution in [0.15, 0.2) is 48.5 Å². The molecule has 0 spiro atoms. The Bertz CT molecular complexity index is 684. The molecular weight excluding hydrogens is 290 g/mol. The third-order valence-electron chi connectivity index (χ3n) is 4.08. The Morgan fingerprint density at radius 1 is 1.04 bits per heavy atom. The van der Waals surface area contributed by atoms with Crippen LogP contribution < -0.4 is 14.4 Å². The predicted octanol–water partition coefficient (Wildman–Crippen LogP) is 3.44. The number of carbonyl (C=O) groups is 1. The summed E-state index contributed by atoms with van der Waals surface area (Å²) in [6.45, 7) is 0.750. The average Bonchev–Trinajstić information content (AvgIpc) is 2.82. The normalized spacial score (nSPS) is 13.9. The van der Waals surface area contributed by atoms with Gasteiger partial charge in [0, 0.05) is 12.2 Å². The van der Waals surface area contributed by atoms with Gasteiger partial charge in [0.2, 0.25) is 0 Å². The maximum Gasteiger partial charge on any atom is 0.264 e. The van der Waals surface area contributed by atoms with Gasteiger partial charge in [0.05, 0.1) is 7.11 Å². The molecule has 0 aromatic heterocycles. The molecule has 0 saturated carbocycles. The SMILES string of the molecule is COc1ccccc1OCC(=O)N1CCCCc2ccccc21. The van der Waals surface area contributed by atoms with Crippen molar-refractivity contribution in [2.45, 2.75) is 19.3 Å². The van der Waals surface area contributed by atoms with Crippen LogP contribution in [-0.2, 0) is 11.2 Å². The molecule has 0 bridgehead atoms. The molecule has 0 unspecified atom stereocenters. The lowest BCUT2D eigenvalue weighted by atomic mass is 10.1. The maximum absolute atomic E-state index is 12.6. The van der Waals surface area contributed by atoms with Gasteiger partial charge >= 0.3 is 0 Å². The molecule has 1 heterocycles. The van der Waals surface area contributed by atoms with Gasteiger partial charge in [0.15, 0.2) is 18.1 Å². The van der Waals surface area contributed by atoms with Gasteiger partial charge < -0.3 is 14.4 Å². The number of hydrogen-bond acceptors (Lipinski definition) is 3. The molecule has 4 nitrogen and oxygen atoms in total. The van der Waals surface area contributed by atoms with Crippen LogP contribution in [0.1, 0.15) is 18.4 Å². The lowest BCUT2D eigenvalue weighted by molar-refractivity contribution is -0.120. The van der Waals surface area contributed by atoms with E-state index in [1.807, 2.05) is 47.4 Å². The summed E-state index contributed by atoms with van der Waals surface area (Å²) in [6.07, 6.45) is 3.14. The standard InChI is InChI=1S/C19H21NO3/c1-22-17-11-4-5-12-18(17)23-14-19(21)20-13-7-6-9-15-8-2-3-10-16(15)20/h2-5,8,10-12H,6-7,9,13-14H2,1H3. The number of nitrogens with zero attached hydrogens (tertiary/aromatic N) is 1. The highest BCUT2D eigenvalue weighted by molar-refractivity contribution is 5.95. The Balaban J connectivity index is 1.73. The molecule has 2 aromatic rings. The van der Waals surface area contributed by atoms with E-state index in [-0.39, 0.29) is 12.5 Å². The van der Waals surface area contributed by atoms with E-state index in [9.17, 15) is 4.79 Å². The Labute approximate surface area is 136 Å². The third kappa shape index (κ3) is 3.47. The van der Waals surface area contributed by atoms with Crippen LogP contribution in [0.4, 0.5) is 5.69 Å². The average molecular weight is 311 g/mol. The van der Waals surface area contributed by atoms with Gasteiger partial charge in [-0.15, -0.1) is 0 Å². The number of anilines is 1. The molecule has 0 saturated heterocycles. The number of rotatable bonds is 4. The van der Waals surface area contributed by atoms with Crippen molar-refractivity contribution in [1.29, 1.82) is 0 Å². The van der Waals surface area contributed by atoms with Crippen LogP contribution in [0, 0.1) is 0 Å². The summed E-state index contributed by atoms with van der Waals surface area (Å²) < 4.78 is 10.9. The Morgan fingerprint density at radius 2 is 1.78 bits per heavy atom. The summed E-state index contributed by atoms with van der Waals surface area (Å²) >= 11 is 0. The minimum absolute atomic E-state index is 0.00864. The molecule has 4 heteroatoms. The lowest BCUT2D eigenvalue weighted by Crippen LogP contribution is -2.35. The number of para-hydroxylation sites is 3. The van der Waals surface area contributed by atoms with Crippen molar-refractivity contribution in [1.82, 2.24) is 0 Å². The zero-order chi connectivity index (χ0) is 16.1. The summed E-state index contributed by atoms with van der Waals surface area (Å²) in [6, 6.07) is 15.5. The fourth-order valence-electron chi connectivity index (χ4n) is 2.91. The van der Waals surface area contributed by atoms with Crippen molar-refractivity contribution >= 4 is 11.6 Å². The molecule has 1 aliphatic rings. The van der Waals surface area contributed by atoms with Crippen molar-refractivity contribution in [3.05, 3.63) is 54.1 Å². The fourth-order valence-corrected chi connectivity index (χ4v) is 2.91. The lowest BCUT2D eigenvalue weighted by Gasteiger charge is -2.23. The first-order valence-electron chi connectivity index (χ1n) is 7.93. The van der Waals surface area contributed by atoms with Crippen molar-refractivity contribution in [2.24, 2.45) is 0 Å². The minimum atomic E-state index is -0.0229. The second-order valence-electron chi connectivity index (χ2n) is 5.57. The molecule has 120 valence electrons. The zero-order valence-corrected chi connectivity index (χ0v) is 13.3. The van der Waals surface area contributed by atoms with Crippen molar-refractivity contribution in [3.63, 3.8) is 0 Å². The summed E-state index contributed by atoms with van der Waals surface area (Å²) in [4.78, 5) is 14.5. The zero-order valence-electron chi connectivity index (χ0n) is 13.3. The van der Waals surface area contributed by atoms with Crippen molar-refractivity contribution in [3.8, 4) is 11.5 Å². The monoisotopic (exact) mass is 311 g/mol. The van der Waals surface area contributed by atoms with Gasteiger partial charge in [-0.25, -0.2) is 0 Å². The Morgan fingerprint density at radius 3 is 2.61 bits per heavy atom. The van der Waals surface area contributed by atoms with Gasteiger partial charge in [-0.1, -0.05) is 30.3 Å². The van der Waals surface area contributed by atoms with Crippen LogP contribution in [0.3, 0.4) is 0 Å². The van der Waals surface area contributed by atoms with Gasteiger partial charge in [-0.05, 0) is 43.0 Å². The molecule has 23 heavy (non-hydrogen) atoms.